The van der Waals surface area contributed by atoms with E-state index >= 15 is 0 Å². The summed E-state index contributed by atoms with van der Waals surface area (Å²) >= 11 is 0. The Hall–Kier alpha value is -1.95. The van der Waals surface area contributed by atoms with Gasteiger partial charge in [-0.05, 0) is 6.07 Å². The van der Waals surface area contributed by atoms with Gasteiger partial charge in [-0.15, -0.1) is 0 Å². The maximum absolute atomic E-state index is 10.7. The smallest absolute Gasteiger partial charge is 0.332 e. The zero-order chi connectivity index (χ0) is 13.0. The average Bonchev–Trinajstić information content (AvgIpc) is 2.40. The second kappa shape index (κ2) is 5.59. The van der Waals surface area contributed by atoms with Gasteiger partial charge in [-0.2, -0.15) is 0 Å². The third-order valence-corrected chi connectivity index (χ3v) is 2.92. The van der Waals surface area contributed by atoms with Gasteiger partial charge in [0, 0.05) is 50.7 Å². The van der Waals surface area contributed by atoms with Crippen LogP contribution in [0.4, 0.5) is 5.95 Å². The molecule has 1 aliphatic rings. The zero-order valence-electron chi connectivity index (χ0n) is 10.1. The molecule has 1 N–H and O–H groups in total. The molecule has 0 bridgehead atoms. The average molecular weight is 248 g/mol. The molecular weight excluding hydrogens is 232 g/mol. The molecule has 6 heteroatoms. The van der Waals surface area contributed by atoms with E-state index in [0.717, 1.165) is 32.1 Å². The molecule has 0 unspecified atom stereocenters. The highest BCUT2D eigenvalue weighted by Gasteiger charge is 2.20. The van der Waals surface area contributed by atoms with E-state index < -0.39 is 5.97 Å². The van der Waals surface area contributed by atoms with Crippen LogP contribution in [-0.4, -0.2) is 58.7 Å². The Labute approximate surface area is 106 Å². The van der Waals surface area contributed by atoms with Crippen molar-refractivity contribution < 1.29 is 9.90 Å². The molecule has 0 atom stereocenters. The SMILES string of the molecule is C=C(CN1CCN(c2ncccn2)CC1)C(=O)O. The summed E-state index contributed by atoms with van der Waals surface area (Å²) in [5.41, 5.74) is 0.236. The van der Waals surface area contributed by atoms with Gasteiger partial charge >= 0.3 is 5.97 Å². The number of nitrogens with zero attached hydrogens (tertiary/aromatic N) is 4. The lowest BCUT2D eigenvalue weighted by Gasteiger charge is -2.34. The number of anilines is 1. The van der Waals surface area contributed by atoms with Crippen molar-refractivity contribution in [2.24, 2.45) is 0 Å². The van der Waals surface area contributed by atoms with Crippen LogP contribution in [0.1, 0.15) is 0 Å². The van der Waals surface area contributed by atoms with Crippen molar-refractivity contribution in [2.75, 3.05) is 37.6 Å². The van der Waals surface area contributed by atoms with Gasteiger partial charge in [-0.3, -0.25) is 4.90 Å². The normalized spacial score (nSPS) is 16.6. The number of hydrogen-bond donors (Lipinski definition) is 1. The predicted octanol–water partition coefficient (Wildman–Crippen LogP) is 0.239. The molecule has 0 amide bonds. The number of rotatable bonds is 4. The number of carbonyl (C=O) groups is 1. The Bertz CT molecular complexity index is 427. The third kappa shape index (κ3) is 3.04. The lowest BCUT2D eigenvalue weighted by atomic mass is 10.2. The van der Waals surface area contributed by atoms with Gasteiger partial charge in [0.1, 0.15) is 0 Å². The van der Waals surface area contributed by atoms with Gasteiger partial charge in [0.15, 0.2) is 0 Å². The molecule has 0 radical (unpaired) electrons. The van der Waals surface area contributed by atoms with E-state index in [2.05, 4.69) is 26.3 Å². The fraction of sp³-hybridized carbons (Fsp3) is 0.417. The summed E-state index contributed by atoms with van der Waals surface area (Å²) in [5, 5.41) is 8.79. The van der Waals surface area contributed by atoms with Crippen LogP contribution in [-0.2, 0) is 4.79 Å². The van der Waals surface area contributed by atoms with E-state index in [0.29, 0.717) is 6.54 Å². The molecule has 0 spiro atoms. The van der Waals surface area contributed by atoms with Crippen molar-refractivity contribution in [3.8, 4) is 0 Å². The molecule has 96 valence electrons. The fourth-order valence-electron chi connectivity index (χ4n) is 1.90. The first kappa shape index (κ1) is 12.5. The lowest BCUT2D eigenvalue weighted by Crippen LogP contribution is -2.47. The second-order valence-corrected chi connectivity index (χ2v) is 4.22. The molecule has 1 aromatic rings. The van der Waals surface area contributed by atoms with E-state index in [1.165, 1.54) is 0 Å². The molecule has 6 nitrogen and oxygen atoms in total. The molecule has 0 saturated carbocycles. The number of aromatic nitrogens is 2. The minimum atomic E-state index is -0.927. The van der Waals surface area contributed by atoms with Crippen molar-refractivity contribution in [3.63, 3.8) is 0 Å². The maximum atomic E-state index is 10.7. The van der Waals surface area contributed by atoms with Crippen LogP contribution in [0.2, 0.25) is 0 Å². The summed E-state index contributed by atoms with van der Waals surface area (Å²) in [4.78, 5) is 23.3. The Morgan fingerprint density at radius 1 is 1.28 bits per heavy atom. The van der Waals surface area contributed by atoms with Crippen molar-refractivity contribution in [3.05, 3.63) is 30.6 Å². The van der Waals surface area contributed by atoms with E-state index in [4.69, 9.17) is 5.11 Å². The van der Waals surface area contributed by atoms with Crippen LogP contribution in [0.15, 0.2) is 30.6 Å². The first-order valence-corrected chi connectivity index (χ1v) is 5.82. The highest BCUT2D eigenvalue weighted by Crippen LogP contribution is 2.10. The van der Waals surface area contributed by atoms with Gasteiger partial charge < -0.3 is 10.0 Å². The molecular formula is C12H16N4O2. The molecule has 1 saturated heterocycles. The summed E-state index contributed by atoms with van der Waals surface area (Å²) in [6, 6.07) is 1.79. The van der Waals surface area contributed by atoms with Crippen molar-refractivity contribution in [1.29, 1.82) is 0 Å². The van der Waals surface area contributed by atoms with Crippen LogP contribution in [0.5, 0.6) is 0 Å². The van der Waals surface area contributed by atoms with E-state index in [9.17, 15) is 4.79 Å². The third-order valence-electron chi connectivity index (χ3n) is 2.92. The topological polar surface area (TPSA) is 69.6 Å². The Morgan fingerprint density at radius 3 is 2.44 bits per heavy atom. The molecule has 18 heavy (non-hydrogen) atoms. The number of carboxylic acids is 1. The van der Waals surface area contributed by atoms with Crippen LogP contribution >= 0.6 is 0 Å². The minimum absolute atomic E-state index is 0.236. The molecule has 0 aliphatic carbocycles. The van der Waals surface area contributed by atoms with Gasteiger partial charge in [0.05, 0.1) is 0 Å². The Kier molecular flexibility index (Phi) is 3.88. The molecule has 2 heterocycles. The van der Waals surface area contributed by atoms with Crippen LogP contribution in [0.3, 0.4) is 0 Å². The van der Waals surface area contributed by atoms with Crippen LogP contribution < -0.4 is 4.90 Å². The maximum Gasteiger partial charge on any atom is 0.332 e. The van der Waals surface area contributed by atoms with Gasteiger partial charge in [0.25, 0.3) is 0 Å². The van der Waals surface area contributed by atoms with Gasteiger partial charge in [-0.1, -0.05) is 6.58 Å². The number of piperazine rings is 1. The summed E-state index contributed by atoms with van der Waals surface area (Å²) in [6.07, 6.45) is 3.45. The summed E-state index contributed by atoms with van der Waals surface area (Å²) in [5.74, 6) is -0.196. The number of hydrogen-bond acceptors (Lipinski definition) is 5. The van der Waals surface area contributed by atoms with E-state index in [-0.39, 0.29) is 5.57 Å². The van der Waals surface area contributed by atoms with E-state index in [1.54, 1.807) is 18.5 Å². The van der Waals surface area contributed by atoms with E-state index in [1.807, 2.05) is 0 Å². The highest BCUT2D eigenvalue weighted by atomic mass is 16.4. The molecule has 1 aromatic heterocycles. The quantitative estimate of drug-likeness (QED) is 0.770. The Balaban J connectivity index is 1.85. The van der Waals surface area contributed by atoms with Crippen molar-refractivity contribution >= 4 is 11.9 Å². The first-order valence-electron chi connectivity index (χ1n) is 5.82. The first-order chi connectivity index (χ1) is 8.66. The number of carboxylic acid groups (broad SMARTS) is 1. The Morgan fingerprint density at radius 2 is 1.89 bits per heavy atom. The summed E-state index contributed by atoms with van der Waals surface area (Å²) in [6.45, 7) is 7.16. The van der Waals surface area contributed by atoms with Crippen molar-refractivity contribution in [1.82, 2.24) is 14.9 Å². The summed E-state index contributed by atoms with van der Waals surface area (Å²) < 4.78 is 0. The van der Waals surface area contributed by atoms with Gasteiger partial charge in [-0.25, -0.2) is 14.8 Å². The molecule has 1 aliphatic heterocycles. The van der Waals surface area contributed by atoms with Crippen LogP contribution in [0.25, 0.3) is 0 Å². The molecule has 2 rings (SSSR count). The molecule has 0 aromatic carbocycles. The fourth-order valence-corrected chi connectivity index (χ4v) is 1.90. The molecule has 1 fully saturated rings. The standard InChI is InChI=1S/C12H16N4O2/c1-10(11(17)18)9-15-5-7-16(8-6-15)12-13-3-2-4-14-12/h2-4H,1,5-9H2,(H,17,18). The summed E-state index contributed by atoms with van der Waals surface area (Å²) in [7, 11) is 0. The van der Waals surface area contributed by atoms with Crippen molar-refractivity contribution in [2.45, 2.75) is 0 Å². The lowest BCUT2D eigenvalue weighted by molar-refractivity contribution is -0.132. The monoisotopic (exact) mass is 248 g/mol. The van der Waals surface area contributed by atoms with Crippen LogP contribution in [0, 0.1) is 0 Å². The zero-order valence-corrected chi connectivity index (χ0v) is 10.1. The minimum Gasteiger partial charge on any atom is -0.478 e. The highest BCUT2D eigenvalue weighted by molar-refractivity contribution is 5.86. The predicted molar refractivity (Wildman–Crippen MR) is 67.5 cm³/mol. The van der Waals surface area contributed by atoms with Gasteiger partial charge in [0.2, 0.25) is 5.95 Å². The largest absolute Gasteiger partial charge is 0.478 e. The second-order valence-electron chi connectivity index (χ2n) is 4.22. The number of aliphatic carboxylic acids is 1.